The van der Waals surface area contributed by atoms with Gasteiger partial charge < -0.3 is 10.1 Å². The van der Waals surface area contributed by atoms with Gasteiger partial charge in [-0.05, 0) is 37.5 Å². The zero-order chi connectivity index (χ0) is 16.3. The quantitative estimate of drug-likeness (QED) is 0.863. The highest BCUT2D eigenvalue weighted by Crippen LogP contribution is 2.37. The molecule has 0 bridgehead atoms. The van der Waals surface area contributed by atoms with Crippen LogP contribution in [0.5, 0.6) is 5.75 Å². The molecular weight excluding hydrogens is 302 g/mol. The highest BCUT2D eigenvalue weighted by Gasteiger charge is 2.42. The Bertz CT molecular complexity index is 545. The molecule has 1 saturated carbocycles. The van der Waals surface area contributed by atoms with Crippen LogP contribution in [0.3, 0.4) is 0 Å². The Labute approximate surface area is 125 Å². The van der Waals surface area contributed by atoms with E-state index in [2.05, 4.69) is 5.32 Å². The summed E-state index contributed by atoms with van der Waals surface area (Å²) in [6.07, 6.45) is -3.38. The lowest BCUT2D eigenvalue weighted by molar-refractivity contribution is -0.183. The third-order valence-corrected chi connectivity index (χ3v) is 3.89. The van der Waals surface area contributed by atoms with Gasteiger partial charge in [-0.1, -0.05) is 6.42 Å². The summed E-state index contributed by atoms with van der Waals surface area (Å²) in [5, 5.41) is 2.56. The number of amides is 1. The first kappa shape index (κ1) is 16.6. The second-order valence-electron chi connectivity index (χ2n) is 5.42. The normalized spacial score (nSPS) is 22.2. The molecule has 1 fully saturated rings. The van der Waals surface area contributed by atoms with Gasteiger partial charge in [0.25, 0.3) is 5.91 Å². The molecule has 0 heterocycles. The molecule has 0 spiro atoms. The first-order chi connectivity index (χ1) is 10.3. The molecule has 1 N–H and O–H groups in total. The number of carbonyl (C=O) groups excluding carboxylic acids is 1. The van der Waals surface area contributed by atoms with E-state index < -0.39 is 29.9 Å². The summed E-state index contributed by atoms with van der Waals surface area (Å²) in [4.78, 5) is 12.0. The van der Waals surface area contributed by atoms with E-state index in [-0.39, 0.29) is 24.2 Å². The second kappa shape index (κ2) is 6.54. The van der Waals surface area contributed by atoms with Crippen LogP contribution in [0.1, 0.15) is 36.0 Å². The van der Waals surface area contributed by atoms with Crippen molar-refractivity contribution in [3.63, 3.8) is 0 Å². The third-order valence-electron chi connectivity index (χ3n) is 3.89. The zero-order valence-electron chi connectivity index (χ0n) is 12.0. The Morgan fingerprint density at radius 1 is 1.32 bits per heavy atom. The summed E-state index contributed by atoms with van der Waals surface area (Å²) in [5.74, 6) is -2.65. The Morgan fingerprint density at radius 3 is 2.64 bits per heavy atom. The van der Waals surface area contributed by atoms with Crippen LogP contribution in [0.15, 0.2) is 18.2 Å². The lowest BCUT2D eigenvalue weighted by Crippen LogP contribution is -2.41. The fourth-order valence-corrected chi connectivity index (χ4v) is 2.69. The molecule has 0 radical (unpaired) electrons. The third kappa shape index (κ3) is 3.90. The van der Waals surface area contributed by atoms with E-state index in [1.54, 1.807) is 0 Å². The van der Waals surface area contributed by atoms with Crippen molar-refractivity contribution in [1.29, 1.82) is 0 Å². The number of halogens is 4. The van der Waals surface area contributed by atoms with Gasteiger partial charge in [0.05, 0.1) is 13.0 Å². The van der Waals surface area contributed by atoms with Gasteiger partial charge in [-0.25, -0.2) is 4.39 Å². The molecule has 3 nitrogen and oxygen atoms in total. The van der Waals surface area contributed by atoms with Crippen molar-refractivity contribution in [2.45, 2.75) is 37.9 Å². The molecule has 2 rings (SSSR count). The van der Waals surface area contributed by atoms with Crippen LogP contribution < -0.4 is 10.1 Å². The van der Waals surface area contributed by atoms with Gasteiger partial charge >= 0.3 is 6.18 Å². The predicted molar refractivity (Wildman–Crippen MR) is 72.2 cm³/mol. The molecule has 122 valence electrons. The van der Waals surface area contributed by atoms with Gasteiger partial charge in [-0.15, -0.1) is 0 Å². The Hall–Kier alpha value is -1.79. The first-order valence-electron chi connectivity index (χ1n) is 7.02. The molecule has 0 aliphatic heterocycles. The van der Waals surface area contributed by atoms with Crippen LogP contribution in [-0.4, -0.2) is 25.2 Å². The van der Waals surface area contributed by atoms with E-state index >= 15 is 0 Å². The maximum Gasteiger partial charge on any atom is 0.391 e. The number of benzene rings is 1. The average molecular weight is 319 g/mol. The van der Waals surface area contributed by atoms with E-state index in [0.29, 0.717) is 12.8 Å². The van der Waals surface area contributed by atoms with Crippen LogP contribution in [0.25, 0.3) is 0 Å². The second-order valence-corrected chi connectivity index (χ2v) is 5.42. The average Bonchev–Trinajstić information content (AvgIpc) is 2.46. The lowest BCUT2D eigenvalue weighted by atomic mass is 9.85. The molecule has 7 heteroatoms. The minimum atomic E-state index is -4.24. The molecule has 0 saturated heterocycles. The molecule has 0 aromatic heterocycles. The van der Waals surface area contributed by atoms with Gasteiger partial charge in [-0.3, -0.25) is 4.79 Å². The monoisotopic (exact) mass is 319 g/mol. The largest absolute Gasteiger partial charge is 0.494 e. The summed E-state index contributed by atoms with van der Waals surface area (Å²) in [5.41, 5.74) is 0.0624. The van der Waals surface area contributed by atoms with Crippen LogP contribution >= 0.6 is 0 Å². The summed E-state index contributed by atoms with van der Waals surface area (Å²) in [6.45, 7) is 0. The molecule has 1 aliphatic rings. The number of ether oxygens (including phenoxy) is 1. The van der Waals surface area contributed by atoms with Gasteiger partial charge in [0.2, 0.25) is 0 Å². The number of hydrogen-bond donors (Lipinski definition) is 1. The highest BCUT2D eigenvalue weighted by atomic mass is 19.4. The fourth-order valence-electron chi connectivity index (χ4n) is 2.69. The van der Waals surface area contributed by atoms with Crippen molar-refractivity contribution in [2.75, 3.05) is 7.11 Å². The van der Waals surface area contributed by atoms with Gasteiger partial charge in [0.1, 0.15) is 0 Å². The number of rotatable bonds is 3. The van der Waals surface area contributed by atoms with E-state index in [4.69, 9.17) is 4.74 Å². The summed E-state index contributed by atoms with van der Waals surface area (Å²) < 4.78 is 56.5. The van der Waals surface area contributed by atoms with Crippen molar-refractivity contribution in [3.05, 3.63) is 29.6 Å². The van der Waals surface area contributed by atoms with E-state index in [1.807, 2.05) is 0 Å². The topological polar surface area (TPSA) is 38.3 Å². The SMILES string of the molecule is COc1ccc(C(=O)N[C@H]2CCC[C@H](C(F)(F)F)C2)cc1F. The van der Waals surface area contributed by atoms with Gasteiger partial charge in [-0.2, -0.15) is 13.2 Å². The standard InChI is InChI=1S/C15H17F4NO2/c1-22-13-6-5-9(7-12(13)16)14(21)20-11-4-2-3-10(8-11)15(17,18)19/h5-7,10-11H,2-4,8H2,1H3,(H,20,21)/t10-,11-/m0/s1. The first-order valence-corrected chi connectivity index (χ1v) is 7.02. The minimum absolute atomic E-state index is 0.00588. The number of carbonyl (C=O) groups is 1. The van der Waals surface area contributed by atoms with Gasteiger partial charge in [0.15, 0.2) is 11.6 Å². The van der Waals surface area contributed by atoms with Crippen molar-refractivity contribution in [2.24, 2.45) is 5.92 Å². The highest BCUT2D eigenvalue weighted by molar-refractivity contribution is 5.94. The van der Waals surface area contributed by atoms with E-state index in [0.717, 1.165) is 6.07 Å². The minimum Gasteiger partial charge on any atom is -0.494 e. The summed E-state index contributed by atoms with van der Waals surface area (Å²) in [7, 11) is 1.30. The fraction of sp³-hybridized carbons (Fsp3) is 0.533. The molecule has 2 atom stereocenters. The number of methoxy groups -OCH3 is 1. The van der Waals surface area contributed by atoms with Crippen molar-refractivity contribution in [1.82, 2.24) is 5.32 Å². The van der Waals surface area contributed by atoms with E-state index in [1.165, 1.54) is 19.2 Å². The molecule has 0 unspecified atom stereocenters. The van der Waals surface area contributed by atoms with Crippen LogP contribution in [0, 0.1) is 11.7 Å². The van der Waals surface area contributed by atoms with E-state index in [9.17, 15) is 22.4 Å². The predicted octanol–water partition coefficient (Wildman–Crippen LogP) is 3.69. The lowest BCUT2D eigenvalue weighted by Gasteiger charge is -2.31. The van der Waals surface area contributed by atoms with Crippen molar-refractivity contribution in [3.8, 4) is 5.75 Å². The maximum absolute atomic E-state index is 13.6. The molecule has 1 aromatic rings. The van der Waals surface area contributed by atoms with Crippen LogP contribution in [0.4, 0.5) is 17.6 Å². The number of nitrogens with one attached hydrogen (secondary N) is 1. The number of alkyl halides is 3. The summed E-state index contributed by atoms with van der Waals surface area (Å²) in [6, 6.07) is 3.15. The van der Waals surface area contributed by atoms with Crippen molar-refractivity contribution >= 4 is 5.91 Å². The Balaban J connectivity index is 2.01. The van der Waals surface area contributed by atoms with Crippen molar-refractivity contribution < 1.29 is 27.1 Å². The Morgan fingerprint density at radius 2 is 2.05 bits per heavy atom. The smallest absolute Gasteiger partial charge is 0.391 e. The van der Waals surface area contributed by atoms with Crippen LogP contribution in [-0.2, 0) is 0 Å². The molecule has 1 aliphatic carbocycles. The van der Waals surface area contributed by atoms with Crippen LogP contribution in [0.2, 0.25) is 0 Å². The summed E-state index contributed by atoms with van der Waals surface area (Å²) >= 11 is 0. The maximum atomic E-state index is 13.6. The number of hydrogen-bond acceptors (Lipinski definition) is 2. The molecular formula is C15H17F4NO2. The molecule has 1 aromatic carbocycles. The molecule has 22 heavy (non-hydrogen) atoms. The molecule has 1 amide bonds. The Kier molecular flexibility index (Phi) is 4.93. The van der Waals surface area contributed by atoms with Gasteiger partial charge in [0, 0.05) is 11.6 Å². The zero-order valence-corrected chi connectivity index (χ0v) is 12.0.